The van der Waals surface area contributed by atoms with E-state index in [1.54, 1.807) is 0 Å². The molecule has 1 fully saturated rings. The van der Waals surface area contributed by atoms with Crippen molar-refractivity contribution < 1.29 is 5.11 Å². The first-order valence-corrected chi connectivity index (χ1v) is 6.40. The smallest absolute Gasteiger partial charge is 0.0795 e. The molecule has 16 heavy (non-hydrogen) atoms. The normalized spacial score (nSPS) is 18.2. The van der Waals surface area contributed by atoms with Gasteiger partial charge in [-0.3, -0.25) is 0 Å². The molecule has 1 N–H and O–H groups in total. The standard InChI is InChI=1S/C14H19ClO/c1-9-7-13(15)10(2)6-12(9)14(16)8-11-4-3-5-11/h6-7,11,14,16H,3-5,8H2,1-2H3. The zero-order chi connectivity index (χ0) is 11.7. The molecule has 0 heterocycles. The van der Waals surface area contributed by atoms with Crippen molar-refractivity contribution in [2.45, 2.75) is 45.6 Å². The van der Waals surface area contributed by atoms with Gasteiger partial charge in [0.25, 0.3) is 0 Å². The molecule has 88 valence electrons. The van der Waals surface area contributed by atoms with Crippen LogP contribution in [0.1, 0.15) is 48.5 Å². The molecule has 0 amide bonds. The Balaban J connectivity index is 2.14. The number of hydrogen-bond acceptors (Lipinski definition) is 1. The molecular formula is C14H19ClO. The van der Waals surface area contributed by atoms with Crippen molar-refractivity contribution in [2.24, 2.45) is 5.92 Å². The van der Waals surface area contributed by atoms with Gasteiger partial charge in [0.05, 0.1) is 6.10 Å². The summed E-state index contributed by atoms with van der Waals surface area (Å²) in [6.45, 7) is 4.01. The molecule has 1 aliphatic carbocycles. The van der Waals surface area contributed by atoms with Crippen molar-refractivity contribution in [3.63, 3.8) is 0 Å². The Morgan fingerprint density at radius 2 is 2.00 bits per heavy atom. The lowest BCUT2D eigenvalue weighted by Gasteiger charge is -2.28. The Morgan fingerprint density at radius 1 is 1.31 bits per heavy atom. The summed E-state index contributed by atoms with van der Waals surface area (Å²) in [7, 11) is 0. The summed E-state index contributed by atoms with van der Waals surface area (Å²) < 4.78 is 0. The Bertz CT molecular complexity index is 383. The molecule has 0 aliphatic heterocycles. The number of aryl methyl sites for hydroxylation is 2. The lowest BCUT2D eigenvalue weighted by molar-refractivity contribution is 0.118. The van der Waals surface area contributed by atoms with Gasteiger partial charge in [-0.05, 0) is 48.9 Å². The van der Waals surface area contributed by atoms with E-state index in [2.05, 4.69) is 0 Å². The summed E-state index contributed by atoms with van der Waals surface area (Å²) in [4.78, 5) is 0. The van der Waals surface area contributed by atoms with E-state index in [0.29, 0.717) is 0 Å². The van der Waals surface area contributed by atoms with Gasteiger partial charge < -0.3 is 5.11 Å². The fraction of sp³-hybridized carbons (Fsp3) is 0.571. The molecule has 1 aromatic rings. The minimum absolute atomic E-state index is 0.318. The number of aliphatic hydroxyl groups is 1. The molecule has 1 atom stereocenters. The molecule has 1 nitrogen and oxygen atoms in total. The molecule has 0 spiro atoms. The van der Waals surface area contributed by atoms with Crippen molar-refractivity contribution >= 4 is 11.6 Å². The van der Waals surface area contributed by atoms with Crippen LogP contribution < -0.4 is 0 Å². The molecule has 0 aromatic heterocycles. The SMILES string of the molecule is Cc1cc(C(O)CC2CCC2)c(C)cc1Cl. The first-order chi connectivity index (χ1) is 7.58. The number of aliphatic hydroxyl groups excluding tert-OH is 1. The molecule has 1 unspecified atom stereocenters. The minimum atomic E-state index is -0.318. The second-order valence-corrected chi connectivity index (χ2v) is 5.41. The van der Waals surface area contributed by atoms with E-state index < -0.39 is 0 Å². The fourth-order valence-electron chi connectivity index (χ4n) is 2.33. The third kappa shape index (κ3) is 2.41. The highest BCUT2D eigenvalue weighted by Crippen LogP contribution is 2.36. The number of rotatable bonds is 3. The summed E-state index contributed by atoms with van der Waals surface area (Å²) >= 11 is 6.05. The second kappa shape index (κ2) is 4.77. The number of halogens is 1. The fourth-order valence-corrected chi connectivity index (χ4v) is 2.55. The summed E-state index contributed by atoms with van der Waals surface area (Å²) in [5.74, 6) is 0.727. The van der Waals surface area contributed by atoms with Crippen molar-refractivity contribution in [1.82, 2.24) is 0 Å². The first kappa shape index (κ1) is 11.9. The Morgan fingerprint density at radius 3 is 2.56 bits per heavy atom. The predicted octanol–water partition coefficient (Wildman–Crippen LogP) is 4.18. The average Bonchev–Trinajstić information content (AvgIpc) is 2.17. The molecular weight excluding hydrogens is 220 g/mol. The predicted molar refractivity (Wildman–Crippen MR) is 67.8 cm³/mol. The van der Waals surface area contributed by atoms with Crippen LogP contribution in [-0.2, 0) is 0 Å². The highest BCUT2D eigenvalue weighted by molar-refractivity contribution is 6.31. The van der Waals surface area contributed by atoms with Gasteiger partial charge in [-0.25, -0.2) is 0 Å². The van der Waals surface area contributed by atoms with Crippen LogP contribution >= 0.6 is 11.6 Å². The van der Waals surface area contributed by atoms with E-state index in [1.807, 2.05) is 26.0 Å². The first-order valence-electron chi connectivity index (χ1n) is 6.02. The van der Waals surface area contributed by atoms with Gasteiger partial charge in [0.2, 0.25) is 0 Å². The van der Waals surface area contributed by atoms with Gasteiger partial charge in [0.1, 0.15) is 0 Å². The summed E-state index contributed by atoms with van der Waals surface area (Å²) in [5.41, 5.74) is 3.20. The maximum absolute atomic E-state index is 10.2. The third-order valence-electron chi connectivity index (χ3n) is 3.69. The van der Waals surface area contributed by atoms with E-state index in [1.165, 1.54) is 19.3 Å². The van der Waals surface area contributed by atoms with Gasteiger partial charge in [0, 0.05) is 5.02 Å². The van der Waals surface area contributed by atoms with Crippen LogP contribution in [0.15, 0.2) is 12.1 Å². The van der Waals surface area contributed by atoms with E-state index in [9.17, 15) is 5.11 Å². The Kier molecular flexibility index (Phi) is 3.56. The largest absolute Gasteiger partial charge is 0.388 e. The average molecular weight is 239 g/mol. The molecule has 0 bridgehead atoms. The van der Waals surface area contributed by atoms with Crippen molar-refractivity contribution in [3.8, 4) is 0 Å². The van der Waals surface area contributed by atoms with E-state index in [-0.39, 0.29) is 6.10 Å². The monoisotopic (exact) mass is 238 g/mol. The molecule has 1 aromatic carbocycles. The highest BCUT2D eigenvalue weighted by atomic mass is 35.5. The maximum atomic E-state index is 10.2. The Hall–Kier alpha value is -0.530. The topological polar surface area (TPSA) is 20.2 Å². The van der Waals surface area contributed by atoms with Crippen molar-refractivity contribution in [2.75, 3.05) is 0 Å². The van der Waals surface area contributed by atoms with Crippen LogP contribution in [0, 0.1) is 19.8 Å². The van der Waals surface area contributed by atoms with Gasteiger partial charge >= 0.3 is 0 Å². The van der Waals surface area contributed by atoms with Crippen LogP contribution in [-0.4, -0.2) is 5.11 Å². The highest BCUT2D eigenvalue weighted by Gasteiger charge is 2.22. The van der Waals surface area contributed by atoms with Crippen molar-refractivity contribution in [3.05, 3.63) is 33.8 Å². The van der Waals surface area contributed by atoms with Gasteiger partial charge in [-0.15, -0.1) is 0 Å². The van der Waals surface area contributed by atoms with Crippen LogP contribution in [0.4, 0.5) is 0 Å². The summed E-state index contributed by atoms with van der Waals surface area (Å²) in [5, 5.41) is 11.0. The van der Waals surface area contributed by atoms with E-state index in [0.717, 1.165) is 34.1 Å². The summed E-state index contributed by atoms with van der Waals surface area (Å²) in [6.07, 6.45) is 4.48. The lowest BCUT2D eigenvalue weighted by atomic mass is 9.80. The molecule has 2 rings (SSSR count). The maximum Gasteiger partial charge on any atom is 0.0795 e. The third-order valence-corrected chi connectivity index (χ3v) is 4.09. The molecule has 0 saturated heterocycles. The minimum Gasteiger partial charge on any atom is -0.388 e. The van der Waals surface area contributed by atoms with Gasteiger partial charge in [-0.2, -0.15) is 0 Å². The van der Waals surface area contributed by atoms with Crippen LogP contribution in [0.25, 0.3) is 0 Å². The van der Waals surface area contributed by atoms with Crippen LogP contribution in [0.2, 0.25) is 5.02 Å². The number of hydrogen-bond donors (Lipinski definition) is 1. The molecule has 0 radical (unpaired) electrons. The number of benzene rings is 1. The van der Waals surface area contributed by atoms with Crippen LogP contribution in [0.3, 0.4) is 0 Å². The zero-order valence-electron chi connectivity index (χ0n) is 9.96. The van der Waals surface area contributed by atoms with Gasteiger partial charge in [0.15, 0.2) is 0 Å². The second-order valence-electron chi connectivity index (χ2n) is 5.01. The van der Waals surface area contributed by atoms with Crippen molar-refractivity contribution in [1.29, 1.82) is 0 Å². The quantitative estimate of drug-likeness (QED) is 0.838. The lowest BCUT2D eigenvalue weighted by Crippen LogP contribution is -2.15. The van der Waals surface area contributed by atoms with E-state index in [4.69, 9.17) is 11.6 Å². The van der Waals surface area contributed by atoms with E-state index >= 15 is 0 Å². The molecule has 2 heteroatoms. The Labute approximate surface area is 102 Å². The molecule has 1 aliphatic rings. The molecule has 1 saturated carbocycles. The van der Waals surface area contributed by atoms with Crippen LogP contribution in [0.5, 0.6) is 0 Å². The van der Waals surface area contributed by atoms with Gasteiger partial charge in [-0.1, -0.05) is 36.9 Å². The summed E-state index contributed by atoms with van der Waals surface area (Å²) in [6, 6.07) is 3.98. The zero-order valence-corrected chi connectivity index (χ0v) is 10.7.